The van der Waals surface area contributed by atoms with E-state index < -0.39 is 0 Å². The minimum Gasteiger partial charge on any atom is -0.447 e. The molecule has 1 aromatic carbocycles. The van der Waals surface area contributed by atoms with E-state index in [0.29, 0.717) is 32.7 Å². The fraction of sp³-hybridized carbons (Fsp3) is 0.429. The molecule has 6 heteroatoms. The van der Waals surface area contributed by atoms with Gasteiger partial charge in [0.1, 0.15) is 6.61 Å². The number of nitrogens with two attached hydrogens (primary N) is 1. The summed E-state index contributed by atoms with van der Waals surface area (Å²) in [5, 5.41) is 0. The van der Waals surface area contributed by atoms with Crippen molar-refractivity contribution in [1.29, 1.82) is 0 Å². The zero-order chi connectivity index (χ0) is 14.1. The molecule has 0 aliphatic carbocycles. The molecule has 2 heterocycles. The monoisotopic (exact) mass is 275 g/mol. The van der Waals surface area contributed by atoms with E-state index in [0.717, 1.165) is 11.4 Å². The second-order valence-corrected chi connectivity index (χ2v) is 5.10. The van der Waals surface area contributed by atoms with Gasteiger partial charge in [-0.1, -0.05) is 6.07 Å². The number of amides is 2. The molecule has 2 aliphatic heterocycles. The summed E-state index contributed by atoms with van der Waals surface area (Å²) in [5.74, 6) is 0.296. The summed E-state index contributed by atoms with van der Waals surface area (Å²) >= 11 is 0. The van der Waals surface area contributed by atoms with Gasteiger partial charge in [-0.25, -0.2) is 4.79 Å². The third-order valence-electron chi connectivity index (χ3n) is 3.75. The van der Waals surface area contributed by atoms with Gasteiger partial charge < -0.3 is 15.4 Å². The molecule has 2 saturated heterocycles. The first-order valence-corrected chi connectivity index (χ1v) is 6.74. The van der Waals surface area contributed by atoms with Crippen LogP contribution in [0.4, 0.5) is 16.2 Å². The van der Waals surface area contributed by atoms with Gasteiger partial charge in [0.05, 0.1) is 6.54 Å². The zero-order valence-electron chi connectivity index (χ0n) is 11.1. The number of nitrogens with zero attached hydrogens (tertiary/aromatic N) is 2. The van der Waals surface area contributed by atoms with Gasteiger partial charge in [0.2, 0.25) is 5.91 Å². The number of carbonyl (C=O) groups excluding carboxylic acids is 2. The first-order valence-electron chi connectivity index (χ1n) is 6.74. The summed E-state index contributed by atoms with van der Waals surface area (Å²) in [6, 6.07) is 7.42. The Kier molecular flexibility index (Phi) is 3.31. The molecule has 0 spiro atoms. The van der Waals surface area contributed by atoms with Crippen LogP contribution in [-0.4, -0.2) is 38.2 Å². The topological polar surface area (TPSA) is 75.9 Å². The Morgan fingerprint density at radius 3 is 2.60 bits per heavy atom. The van der Waals surface area contributed by atoms with Crippen molar-refractivity contribution in [2.75, 3.05) is 36.0 Å². The Balaban J connectivity index is 1.84. The van der Waals surface area contributed by atoms with E-state index in [9.17, 15) is 9.59 Å². The lowest BCUT2D eigenvalue weighted by Crippen LogP contribution is -2.27. The first kappa shape index (κ1) is 12.9. The van der Waals surface area contributed by atoms with Crippen molar-refractivity contribution in [3.63, 3.8) is 0 Å². The molecule has 0 bridgehead atoms. The lowest BCUT2D eigenvalue weighted by molar-refractivity contribution is -0.117. The summed E-state index contributed by atoms with van der Waals surface area (Å²) in [4.78, 5) is 26.9. The van der Waals surface area contributed by atoms with Crippen molar-refractivity contribution in [3.8, 4) is 0 Å². The number of anilines is 2. The quantitative estimate of drug-likeness (QED) is 0.891. The summed E-state index contributed by atoms with van der Waals surface area (Å²) in [7, 11) is 0. The van der Waals surface area contributed by atoms with E-state index in [4.69, 9.17) is 10.5 Å². The number of carbonyl (C=O) groups is 2. The smallest absolute Gasteiger partial charge is 0.414 e. The van der Waals surface area contributed by atoms with Gasteiger partial charge in [0.15, 0.2) is 0 Å². The lowest BCUT2D eigenvalue weighted by Gasteiger charge is -2.19. The molecule has 2 amide bonds. The van der Waals surface area contributed by atoms with Crippen LogP contribution in [0, 0.1) is 5.92 Å². The number of hydrogen-bond acceptors (Lipinski definition) is 4. The van der Waals surface area contributed by atoms with Crippen molar-refractivity contribution in [2.45, 2.75) is 6.42 Å². The fourth-order valence-electron chi connectivity index (χ4n) is 2.65. The van der Waals surface area contributed by atoms with E-state index in [-0.39, 0.29) is 17.9 Å². The highest BCUT2D eigenvalue weighted by atomic mass is 16.6. The second kappa shape index (κ2) is 5.13. The molecule has 3 rings (SSSR count). The second-order valence-electron chi connectivity index (χ2n) is 5.10. The Morgan fingerprint density at radius 2 is 2.00 bits per heavy atom. The standard InChI is InChI=1S/C14H17N3O3/c15-8-10-6-13(18)17(9-10)12-3-1-2-11(7-12)16-4-5-20-14(16)19/h1-3,7,10H,4-6,8-9,15H2. The molecule has 6 nitrogen and oxygen atoms in total. The molecule has 0 aromatic heterocycles. The summed E-state index contributed by atoms with van der Waals surface area (Å²) in [6.45, 7) is 2.10. The number of ether oxygens (including phenoxy) is 1. The highest BCUT2D eigenvalue weighted by Crippen LogP contribution is 2.29. The maximum absolute atomic E-state index is 12.0. The molecule has 20 heavy (non-hydrogen) atoms. The van der Waals surface area contributed by atoms with E-state index >= 15 is 0 Å². The van der Waals surface area contributed by atoms with E-state index in [2.05, 4.69) is 0 Å². The van der Waals surface area contributed by atoms with Crippen LogP contribution in [0.1, 0.15) is 6.42 Å². The Bertz CT molecular complexity index is 546. The van der Waals surface area contributed by atoms with Crippen LogP contribution < -0.4 is 15.5 Å². The molecular formula is C14H17N3O3. The van der Waals surface area contributed by atoms with Gasteiger partial charge in [-0.3, -0.25) is 9.69 Å². The summed E-state index contributed by atoms with van der Waals surface area (Å²) in [5.41, 5.74) is 7.20. The van der Waals surface area contributed by atoms with Crippen LogP contribution in [0.5, 0.6) is 0 Å². The minimum atomic E-state index is -0.338. The molecule has 2 N–H and O–H groups in total. The van der Waals surface area contributed by atoms with Gasteiger partial charge in [0, 0.05) is 24.3 Å². The average molecular weight is 275 g/mol. The van der Waals surface area contributed by atoms with Crippen LogP contribution in [0.25, 0.3) is 0 Å². The molecular weight excluding hydrogens is 258 g/mol. The number of hydrogen-bond donors (Lipinski definition) is 1. The van der Waals surface area contributed by atoms with Crippen molar-refractivity contribution in [3.05, 3.63) is 24.3 Å². The predicted molar refractivity (Wildman–Crippen MR) is 74.7 cm³/mol. The molecule has 0 radical (unpaired) electrons. The summed E-state index contributed by atoms with van der Waals surface area (Å²) in [6.07, 6.45) is 0.154. The van der Waals surface area contributed by atoms with Crippen LogP contribution in [0.15, 0.2) is 24.3 Å². The normalized spacial score (nSPS) is 22.6. The fourth-order valence-corrected chi connectivity index (χ4v) is 2.65. The van der Waals surface area contributed by atoms with Gasteiger partial charge in [-0.05, 0) is 30.7 Å². The molecule has 106 valence electrons. The SMILES string of the molecule is NCC1CC(=O)N(c2cccc(N3CCOC3=O)c2)C1. The van der Waals surface area contributed by atoms with Gasteiger partial charge in [-0.15, -0.1) is 0 Å². The lowest BCUT2D eigenvalue weighted by atomic mass is 10.1. The molecule has 2 fully saturated rings. The predicted octanol–water partition coefficient (Wildman–Crippen LogP) is 0.955. The van der Waals surface area contributed by atoms with E-state index in [1.807, 2.05) is 24.3 Å². The molecule has 1 unspecified atom stereocenters. The highest BCUT2D eigenvalue weighted by molar-refractivity contribution is 5.97. The van der Waals surface area contributed by atoms with Gasteiger partial charge in [0.25, 0.3) is 0 Å². The Morgan fingerprint density at radius 1 is 1.25 bits per heavy atom. The van der Waals surface area contributed by atoms with Gasteiger partial charge >= 0.3 is 6.09 Å². The third-order valence-corrected chi connectivity index (χ3v) is 3.75. The molecule has 0 saturated carbocycles. The Labute approximate surface area is 117 Å². The van der Waals surface area contributed by atoms with Crippen molar-refractivity contribution < 1.29 is 14.3 Å². The maximum atomic E-state index is 12.0. The zero-order valence-corrected chi connectivity index (χ0v) is 11.1. The number of rotatable bonds is 3. The Hall–Kier alpha value is -2.08. The van der Waals surface area contributed by atoms with Crippen LogP contribution in [0.3, 0.4) is 0 Å². The molecule has 1 aromatic rings. The van der Waals surface area contributed by atoms with Crippen molar-refractivity contribution in [1.82, 2.24) is 0 Å². The van der Waals surface area contributed by atoms with Crippen LogP contribution in [0.2, 0.25) is 0 Å². The van der Waals surface area contributed by atoms with Crippen LogP contribution >= 0.6 is 0 Å². The highest BCUT2D eigenvalue weighted by Gasteiger charge is 2.30. The largest absolute Gasteiger partial charge is 0.447 e. The maximum Gasteiger partial charge on any atom is 0.414 e. The van der Waals surface area contributed by atoms with E-state index in [1.165, 1.54) is 0 Å². The van der Waals surface area contributed by atoms with Gasteiger partial charge in [-0.2, -0.15) is 0 Å². The van der Waals surface area contributed by atoms with E-state index in [1.54, 1.807) is 9.80 Å². The average Bonchev–Trinajstić information content (AvgIpc) is 3.05. The minimum absolute atomic E-state index is 0.0848. The van der Waals surface area contributed by atoms with Crippen LogP contribution in [-0.2, 0) is 9.53 Å². The molecule has 2 aliphatic rings. The third kappa shape index (κ3) is 2.22. The van der Waals surface area contributed by atoms with Crippen molar-refractivity contribution >= 4 is 23.4 Å². The number of benzene rings is 1. The number of cyclic esters (lactones) is 1. The van der Waals surface area contributed by atoms with Crippen molar-refractivity contribution in [2.24, 2.45) is 11.7 Å². The molecule has 1 atom stereocenters. The summed E-state index contributed by atoms with van der Waals surface area (Å²) < 4.78 is 4.93. The first-order chi connectivity index (χ1) is 9.69.